The maximum absolute atomic E-state index is 14.0. The van der Waals surface area contributed by atoms with Gasteiger partial charge in [-0.3, -0.25) is 14.3 Å². The number of amides is 3. The first-order valence-corrected chi connectivity index (χ1v) is 9.07. The standard InChI is InChI=1S/C18H17F4N5O3/c1-25-16(28)15-11-9-26(5-4-13(11)24-27(15)6-7-30-25)17(29)23-14-8-10(18(20,21)22)2-3-12(14)19/h2-3,8H,4-7,9H2,1H3,(H,23,29). The van der Waals surface area contributed by atoms with E-state index in [1.165, 1.54) is 16.6 Å². The molecular weight excluding hydrogens is 410 g/mol. The predicted octanol–water partition coefficient (Wildman–Crippen LogP) is 2.65. The topological polar surface area (TPSA) is 79.7 Å². The van der Waals surface area contributed by atoms with Gasteiger partial charge in [-0.05, 0) is 18.2 Å². The maximum atomic E-state index is 14.0. The first-order valence-electron chi connectivity index (χ1n) is 9.07. The number of aromatic nitrogens is 2. The second kappa shape index (κ2) is 7.27. The molecule has 0 atom stereocenters. The van der Waals surface area contributed by atoms with E-state index < -0.39 is 35.2 Å². The summed E-state index contributed by atoms with van der Waals surface area (Å²) in [6, 6.07) is 1.03. The molecule has 0 unspecified atom stereocenters. The molecule has 2 aliphatic heterocycles. The number of urea groups is 1. The van der Waals surface area contributed by atoms with Gasteiger partial charge in [0.25, 0.3) is 5.91 Å². The van der Waals surface area contributed by atoms with Crippen LogP contribution in [-0.2, 0) is 30.5 Å². The molecular formula is C18H17F4N5O3. The number of anilines is 1. The van der Waals surface area contributed by atoms with E-state index in [9.17, 15) is 27.2 Å². The number of hydrogen-bond donors (Lipinski definition) is 1. The minimum absolute atomic E-state index is 0.0106. The minimum Gasteiger partial charge on any atom is -0.320 e. The molecule has 0 spiro atoms. The molecule has 3 amide bonds. The number of fused-ring (bicyclic) bond motifs is 3. The molecule has 0 radical (unpaired) electrons. The van der Waals surface area contributed by atoms with Gasteiger partial charge >= 0.3 is 12.2 Å². The van der Waals surface area contributed by atoms with Gasteiger partial charge in [-0.1, -0.05) is 0 Å². The average molecular weight is 427 g/mol. The summed E-state index contributed by atoms with van der Waals surface area (Å²) in [6.07, 6.45) is -4.32. The van der Waals surface area contributed by atoms with Crippen LogP contribution in [0.15, 0.2) is 18.2 Å². The van der Waals surface area contributed by atoms with Crippen molar-refractivity contribution in [1.82, 2.24) is 19.7 Å². The van der Waals surface area contributed by atoms with Crippen molar-refractivity contribution in [2.45, 2.75) is 25.7 Å². The molecule has 0 saturated heterocycles. The summed E-state index contributed by atoms with van der Waals surface area (Å²) in [5.74, 6) is -1.39. The van der Waals surface area contributed by atoms with E-state index in [1.807, 2.05) is 0 Å². The smallest absolute Gasteiger partial charge is 0.320 e. The van der Waals surface area contributed by atoms with Gasteiger partial charge in [-0.25, -0.2) is 14.2 Å². The summed E-state index contributed by atoms with van der Waals surface area (Å²) in [4.78, 5) is 31.7. The lowest BCUT2D eigenvalue weighted by Gasteiger charge is -2.27. The molecule has 4 rings (SSSR count). The van der Waals surface area contributed by atoms with E-state index in [2.05, 4.69) is 10.4 Å². The van der Waals surface area contributed by atoms with E-state index in [1.54, 1.807) is 0 Å². The first-order chi connectivity index (χ1) is 14.1. The summed E-state index contributed by atoms with van der Waals surface area (Å²) in [5, 5.41) is 7.70. The van der Waals surface area contributed by atoms with Crippen LogP contribution < -0.4 is 5.32 Å². The fraction of sp³-hybridized carbons (Fsp3) is 0.389. The van der Waals surface area contributed by atoms with Crippen LogP contribution in [-0.4, -0.2) is 51.9 Å². The van der Waals surface area contributed by atoms with E-state index in [4.69, 9.17) is 4.84 Å². The largest absolute Gasteiger partial charge is 0.416 e. The van der Waals surface area contributed by atoms with Gasteiger partial charge < -0.3 is 10.2 Å². The fourth-order valence-corrected chi connectivity index (χ4v) is 3.46. The Kier molecular flexibility index (Phi) is 4.88. The van der Waals surface area contributed by atoms with Crippen molar-refractivity contribution >= 4 is 17.6 Å². The van der Waals surface area contributed by atoms with Gasteiger partial charge in [0.05, 0.1) is 36.6 Å². The van der Waals surface area contributed by atoms with Crippen molar-refractivity contribution < 1.29 is 32.0 Å². The Bertz CT molecular complexity index is 1020. The Balaban J connectivity index is 1.57. The van der Waals surface area contributed by atoms with Gasteiger partial charge in [0, 0.05) is 25.6 Å². The average Bonchev–Trinajstić information content (AvgIpc) is 2.98. The Morgan fingerprint density at radius 1 is 1.27 bits per heavy atom. The summed E-state index contributed by atoms with van der Waals surface area (Å²) in [7, 11) is 1.47. The highest BCUT2D eigenvalue weighted by Gasteiger charge is 2.34. The highest BCUT2D eigenvalue weighted by molar-refractivity contribution is 5.94. The van der Waals surface area contributed by atoms with E-state index in [-0.39, 0.29) is 19.7 Å². The second-order valence-corrected chi connectivity index (χ2v) is 6.93. The number of rotatable bonds is 1. The van der Waals surface area contributed by atoms with Gasteiger partial charge in [0.1, 0.15) is 11.5 Å². The van der Waals surface area contributed by atoms with Crippen LogP contribution in [0.1, 0.15) is 27.3 Å². The molecule has 0 fully saturated rings. The van der Waals surface area contributed by atoms with Crippen LogP contribution in [0.5, 0.6) is 0 Å². The van der Waals surface area contributed by atoms with E-state index in [0.29, 0.717) is 48.1 Å². The normalized spacial score (nSPS) is 16.8. The lowest BCUT2D eigenvalue weighted by atomic mass is 10.1. The number of hydrogen-bond acceptors (Lipinski definition) is 4. The number of hydroxylamine groups is 2. The lowest BCUT2D eigenvalue weighted by Crippen LogP contribution is -2.39. The van der Waals surface area contributed by atoms with E-state index >= 15 is 0 Å². The molecule has 2 aliphatic rings. The van der Waals surface area contributed by atoms with E-state index in [0.717, 1.165) is 5.06 Å². The third-order valence-corrected chi connectivity index (χ3v) is 5.00. The molecule has 3 heterocycles. The van der Waals surface area contributed by atoms with Crippen LogP contribution in [0, 0.1) is 5.82 Å². The Hall–Kier alpha value is -3.15. The zero-order valence-electron chi connectivity index (χ0n) is 15.8. The summed E-state index contributed by atoms with van der Waals surface area (Å²) < 4.78 is 54.1. The van der Waals surface area contributed by atoms with Crippen molar-refractivity contribution in [3.05, 3.63) is 46.5 Å². The summed E-state index contributed by atoms with van der Waals surface area (Å²) in [6.45, 7) is 0.849. The zero-order chi connectivity index (χ0) is 21.6. The summed E-state index contributed by atoms with van der Waals surface area (Å²) >= 11 is 0. The zero-order valence-corrected chi connectivity index (χ0v) is 15.8. The number of carbonyl (C=O) groups is 2. The van der Waals surface area contributed by atoms with Crippen LogP contribution in [0.3, 0.4) is 0 Å². The second-order valence-electron chi connectivity index (χ2n) is 6.93. The van der Waals surface area contributed by atoms with Crippen molar-refractivity contribution in [2.75, 3.05) is 25.5 Å². The lowest BCUT2D eigenvalue weighted by molar-refractivity contribution is -0.137. The number of benzene rings is 1. The Labute approximate surface area is 167 Å². The molecule has 0 aliphatic carbocycles. The van der Waals surface area contributed by atoms with Crippen molar-refractivity contribution in [3.63, 3.8) is 0 Å². The number of halogens is 4. The molecule has 30 heavy (non-hydrogen) atoms. The van der Waals surface area contributed by atoms with Gasteiger partial charge in [-0.15, -0.1) is 0 Å². The predicted molar refractivity (Wildman–Crippen MR) is 94.8 cm³/mol. The molecule has 8 nitrogen and oxygen atoms in total. The van der Waals surface area contributed by atoms with Crippen molar-refractivity contribution in [1.29, 1.82) is 0 Å². The molecule has 1 aromatic heterocycles. The van der Waals surface area contributed by atoms with Crippen LogP contribution in [0.2, 0.25) is 0 Å². The number of nitrogens with one attached hydrogen (secondary N) is 1. The minimum atomic E-state index is -4.67. The fourth-order valence-electron chi connectivity index (χ4n) is 3.46. The summed E-state index contributed by atoms with van der Waals surface area (Å²) in [5.41, 5.74) is -0.131. The molecule has 160 valence electrons. The molecule has 1 aromatic carbocycles. The number of nitrogens with zero attached hydrogens (tertiary/aromatic N) is 4. The molecule has 0 bridgehead atoms. The SMILES string of the molecule is CN1OCCn2nc3c(c2C1=O)CN(C(=O)Nc1cc(C(F)(F)F)ccc1F)CC3. The van der Waals surface area contributed by atoms with Crippen molar-refractivity contribution in [2.24, 2.45) is 0 Å². The van der Waals surface area contributed by atoms with Crippen LogP contribution >= 0.6 is 0 Å². The highest BCUT2D eigenvalue weighted by Crippen LogP contribution is 2.32. The van der Waals surface area contributed by atoms with Gasteiger partial charge in [0.2, 0.25) is 0 Å². The first kappa shape index (κ1) is 20.1. The molecule has 12 heteroatoms. The number of carbonyl (C=O) groups excluding carboxylic acids is 2. The molecule has 0 saturated carbocycles. The maximum Gasteiger partial charge on any atom is 0.416 e. The Morgan fingerprint density at radius 2 is 2.03 bits per heavy atom. The molecule has 2 aromatic rings. The quantitative estimate of drug-likeness (QED) is 0.710. The molecule has 1 N–H and O–H groups in total. The Morgan fingerprint density at radius 3 is 2.77 bits per heavy atom. The van der Waals surface area contributed by atoms with Crippen LogP contribution in [0.25, 0.3) is 0 Å². The van der Waals surface area contributed by atoms with Gasteiger partial charge in [-0.2, -0.15) is 18.3 Å². The van der Waals surface area contributed by atoms with Crippen molar-refractivity contribution in [3.8, 4) is 0 Å². The third-order valence-electron chi connectivity index (χ3n) is 5.00. The van der Waals surface area contributed by atoms with Crippen LogP contribution in [0.4, 0.5) is 28.0 Å². The highest BCUT2D eigenvalue weighted by atomic mass is 19.4. The van der Waals surface area contributed by atoms with Gasteiger partial charge in [0.15, 0.2) is 0 Å². The monoisotopic (exact) mass is 427 g/mol. The number of alkyl halides is 3. The third kappa shape index (κ3) is 3.58.